The van der Waals surface area contributed by atoms with Gasteiger partial charge in [0.05, 0.1) is 0 Å². The number of hydrogen-bond acceptors (Lipinski definition) is 1. The van der Waals surface area contributed by atoms with E-state index in [0.29, 0.717) is 28.6 Å². The molecule has 8 atom stereocenters. The summed E-state index contributed by atoms with van der Waals surface area (Å²) in [5.74, 6) is 3.68. The van der Waals surface area contributed by atoms with Gasteiger partial charge in [-0.15, -0.1) is 0 Å². The van der Waals surface area contributed by atoms with Crippen molar-refractivity contribution in [2.75, 3.05) is 0 Å². The lowest BCUT2D eigenvalue weighted by atomic mass is 9.43. The van der Waals surface area contributed by atoms with Crippen LogP contribution in [0.15, 0.2) is 0 Å². The number of carboxylic acid groups (broad SMARTS) is 1. The fourth-order valence-electron chi connectivity index (χ4n) is 9.07. The highest BCUT2D eigenvalue weighted by Crippen LogP contribution is 2.72. The maximum absolute atomic E-state index is 11.1. The molecule has 154 valence electrons. The highest BCUT2D eigenvalue weighted by atomic mass is 16.4. The Kier molecular flexibility index (Phi) is 4.96. The lowest BCUT2D eigenvalue weighted by Gasteiger charge is -2.62. The fourth-order valence-corrected chi connectivity index (χ4v) is 9.07. The van der Waals surface area contributed by atoms with Crippen LogP contribution in [0.1, 0.15) is 105 Å². The fraction of sp³-hybridized carbons (Fsp3) is 0.960. The molecule has 8 unspecified atom stereocenters. The van der Waals surface area contributed by atoms with E-state index in [9.17, 15) is 9.90 Å². The van der Waals surface area contributed by atoms with Crippen LogP contribution in [0.2, 0.25) is 0 Å². The zero-order chi connectivity index (χ0) is 19.4. The van der Waals surface area contributed by atoms with Crippen LogP contribution in [0.3, 0.4) is 0 Å². The Morgan fingerprint density at radius 1 is 0.963 bits per heavy atom. The third-order valence-electron chi connectivity index (χ3n) is 11.1. The molecule has 27 heavy (non-hydrogen) atoms. The molecule has 0 aromatic carbocycles. The third-order valence-corrected chi connectivity index (χ3v) is 11.1. The van der Waals surface area contributed by atoms with Gasteiger partial charge in [-0.1, -0.05) is 40.5 Å². The van der Waals surface area contributed by atoms with E-state index in [-0.39, 0.29) is 0 Å². The average molecular weight is 375 g/mol. The second-order valence-electron chi connectivity index (χ2n) is 11.6. The SMILES string of the molecule is CC(CCC(=O)O)C1(C)CCC2C3CCC4CCCCC4(C)C3CCC21C. The van der Waals surface area contributed by atoms with E-state index in [4.69, 9.17) is 0 Å². The third kappa shape index (κ3) is 2.83. The summed E-state index contributed by atoms with van der Waals surface area (Å²) >= 11 is 0. The molecule has 0 bridgehead atoms. The van der Waals surface area contributed by atoms with Crippen LogP contribution in [-0.2, 0) is 4.79 Å². The van der Waals surface area contributed by atoms with Gasteiger partial charge >= 0.3 is 5.97 Å². The molecule has 2 heteroatoms. The van der Waals surface area contributed by atoms with Crippen molar-refractivity contribution in [3.63, 3.8) is 0 Å². The topological polar surface area (TPSA) is 37.3 Å². The van der Waals surface area contributed by atoms with Crippen LogP contribution < -0.4 is 0 Å². The second kappa shape index (κ2) is 6.77. The summed E-state index contributed by atoms with van der Waals surface area (Å²) in [4.78, 5) is 11.1. The molecule has 0 aromatic rings. The van der Waals surface area contributed by atoms with Crippen LogP contribution in [-0.4, -0.2) is 11.1 Å². The molecule has 4 fully saturated rings. The summed E-state index contributed by atoms with van der Waals surface area (Å²) in [6.45, 7) is 10.1. The zero-order valence-corrected chi connectivity index (χ0v) is 18.2. The Balaban J connectivity index is 1.57. The van der Waals surface area contributed by atoms with Gasteiger partial charge in [-0.2, -0.15) is 0 Å². The molecule has 1 N–H and O–H groups in total. The molecule has 4 rings (SSSR count). The largest absolute Gasteiger partial charge is 0.481 e. The maximum atomic E-state index is 11.1. The van der Waals surface area contributed by atoms with Crippen LogP contribution in [0.4, 0.5) is 0 Å². The normalized spacial score (nSPS) is 50.4. The number of rotatable bonds is 4. The van der Waals surface area contributed by atoms with Gasteiger partial charge in [0.15, 0.2) is 0 Å². The van der Waals surface area contributed by atoms with Crippen molar-refractivity contribution in [3.05, 3.63) is 0 Å². The molecule has 0 spiro atoms. The van der Waals surface area contributed by atoms with Gasteiger partial charge in [0.1, 0.15) is 0 Å². The van der Waals surface area contributed by atoms with Crippen LogP contribution in [0.25, 0.3) is 0 Å². The standard InChI is InChI=1S/C25H42O2/c1-17(8-11-22(26)27)24(3)15-13-21-19-10-9-18-7-5-6-14-23(18,2)20(19)12-16-25(21,24)4/h17-21H,5-16H2,1-4H3,(H,26,27). The van der Waals surface area contributed by atoms with Crippen molar-refractivity contribution in [2.24, 2.45) is 45.8 Å². The lowest BCUT2D eigenvalue weighted by molar-refractivity contribution is -0.140. The average Bonchev–Trinajstić information content (AvgIpc) is 2.91. The monoisotopic (exact) mass is 374 g/mol. The molecule has 0 heterocycles. The van der Waals surface area contributed by atoms with Gasteiger partial charge < -0.3 is 5.11 Å². The van der Waals surface area contributed by atoms with E-state index in [0.717, 1.165) is 30.1 Å². The molecular formula is C25H42O2. The predicted molar refractivity (Wildman–Crippen MR) is 110 cm³/mol. The summed E-state index contributed by atoms with van der Waals surface area (Å²) in [5, 5.41) is 9.18. The Bertz CT molecular complexity index is 585. The van der Waals surface area contributed by atoms with Crippen molar-refractivity contribution in [2.45, 2.75) is 105 Å². The molecular weight excluding hydrogens is 332 g/mol. The van der Waals surface area contributed by atoms with E-state index >= 15 is 0 Å². The van der Waals surface area contributed by atoms with Gasteiger partial charge in [0.2, 0.25) is 0 Å². The first-order valence-corrected chi connectivity index (χ1v) is 11.9. The van der Waals surface area contributed by atoms with Crippen molar-refractivity contribution in [1.82, 2.24) is 0 Å². The van der Waals surface area contributed by atoms with Crippen molar-refractivity contribution in [3.8, 4) is 0 Å². The highest BCUT2D eigenvalue weighted by Gasteiger charge is 2.63. The summed E-state index contributed by atoms with van der Waals surface area (Å²) in [6.07, 6.45) is 15.6. The molecule has 0 aromatic heterocycles. The summed E-state index contributed by atoms with van der Waals surface area (Å²) < 4.78 is 0. The van der Waals surface area contributed by atoms with Gasteiger partial charge in [0.25, 0.3) is 0 Å². The molecule has 4 aliphatic rings. The summed E-state index contributed by atoms with van der Waals surface area (Å²) in [7, 11) is 0. The molecule has 2 nitrogen and oxygen atoms in total. The molecule has 4 aliphatic carbocycles. The van der Waals surface area contributed by atoms with Crippen LogP contribution >= 0.6 is 0 Å². The number of hydrogen-bond donors (Lipinski definition) is 1. The smallest absolute Gasteiger partial charge is 0.303 e. The van der Waals surface area contributed by atoms with E-state index in [1.54, 1.807) is 0 Å². The number of fused-ring (bicyclic) bond motifs is 5. The summed E-state index contributed by atoms with van der Waals surface area (Å²) in [6, 6.07) is 0. The van der Waals surface area contributed by atoms with Crippen LogP contribution in [0, 0.1) is 45.8 Å². The van der Waals surface area contributed by atoms with Gasteiger partial charge in [-0.25, -0.2) is 0 Å². The first-order chi connectivity index (χ1) is 12.7. The van der Waals surface area contributed by atoms with Gasteiger partial charge in [-0.3, -0.25) is 4.79 Å². The minimum Gasteiger partial charge on any atom is -0.481 e. The van der Waals surface area contributed by atoms with E-state index in [1.165, 1.54) is 64.2 Å². The quantitative estimate of drug-likeness (QED) is 0.579. The minimum absolute atomic E-state index is 0.322. The van der Waals surface area contributed by atoms with E-state index in [2.05, 4.69) is 27.7 Å². The Labute approximate surface area is 166 Å². The van der Waals surface area contributed by atoms with E-state index < -0.39 is 5.97 Å². The van der Waals surface area contributed by atoms with E-state index in [1.807, 2.05) is 0 Å². The van der Waals surface area contributed by atoms with Crippen molar-refractivity contribution < 1.29 is 9.90 Å². The Morgan fingerprint density at radius 3 is 2.44 bits per heavy atom. The van der Waals surface area contributed by atoms with Crippen LogP contribution in [0.5, 0.6) is 0 Å². The molecule has 0 amide bonds. The minimum atomic E-state index is -0.627. The first-order valence-electron chi connectivity index (χ1n) is 11.9. The zero-order valence-electron chi connectivity index (χ0n) is 18.2. The molecule has 0 aliphatic heterocycles. The number of carboxylic acids is 1. The maximum Gasteiger partial charge on any atom is 0.303 e. The molecule has 0 radical (unpaired) electrons. The Hall–Kier alpha value is -0.530. The number of aliphatic carboxylic acids is 1. The lowest BCUT2D eigenvalue weighted by Crippen LogP contribution is -2.54. The Morgan fingerprint density at radius 2 is 1.70 bits per heavy atom. The first kappa shape index (κ1) is 19.8. The number of carbonyl (C=O) groups is 1. The van der Waals surface area contributed by atoms with Crippen molar-refractivity contribution >= 4 is 5.97 Å². The highest BCUT2D eigenvalue weighted by molar-refractivity contribution is 5.66. The van der Waals surface area contributed by atoms with Gasteiger partial charge in [-0.05, 0) is 104 Å². The second-order valence-corrected chi connectivity index (χ2v) is 11.6. The summed E-state index contributed by atoms with van der Waals surface area (Å²) in [5.41, 5.74) is 1.36. The van der Waals surface area contributed by atoms with Gasteiger partial charge in [0, 0.05) is 6.42 Å². The molecule has 0 saturated heterocycles. The molecule has 4 saturated carbocycles. The van der Waals surface area contributed by atoms with Crippen molar-refractivity contribution in [1.29, 1.82) is 0 Å². The predicted octanol–water partition coefficient (Wildman–Crippen LogP) is 6.93.